The average Bonchev–Trinajstić information content (AvgIpc) is 2.95. The Balaban J connectivity index is 0.00000288. The minimum atomic E-state index is 0. The zero-order valence-electron chi connectivity index (χ0n) is 14.9. The second kappa shape index (κ2) is 10.7. The minimum absolute atomic E-state index is 0. The zero-order valence-corrected chi connectivity index (χ0v) is 18.0. The van der Waals surface area contributed by atoms with E-state index >= 15 is 0 Å². The minimum Gasteiger partial charge on any atom is -0.356 e. The van der Waals surface area contributed by atoms with Crippen LogP contribution in [0.25, 0.3) is 0 Å². The standard InChI is InChI=1S/C18H26N4S.HI/c1-14-7-9-16(10-8-14)12-22(4)18(19-3)20-11-5-6-17-21-15(2)13-23-17;/h7-10,13H,5-6,11-12H2,1-4H3,(H,19,20);1H. The second-order valence-corrected chi connectivity index (χ2v) is 6.74. The van der Waals surface area contributed by atoms with Crippen molar-refractivity contribution in [2.75, 3.05) is 20.6 Å². The third-order valence-corrected chi connectivity index (χ3v) is 4.66. The molecule has 6 heteroatoms. The van der Waals surface area contributed by atoms with E-state index in [1.54, 1.807) is 11.3 Å². The van der Waals surface area contributed by atoms with Gasteiger partial charge < -0.3 is 10.2 Å². The summed E-state index contributed by atoms with van der Waals surface area (Å²) in [4.78, 5) is 11.0. The first-order valence-corrected chi connectivity index (χ1v) is 8.85. The SMILES string of the molecule is CN=C(NCCCc1nc(C)cs1)N(C)Cc1ccc(C)cc1.I. The predicted octanol–water partition coefficient (Wildman–Crippen LogP) is 4.02. The van der Waals surface area contributed by atoms with Crippen molar-refractivity contribution < 1.29 is 0 Å². The predicted molar refractivity (Wildman–Crippen MR) is 115 cm³/mol. The summed E-state index contributed by atoms with van der Waals surface area (Å²) in [7, 11) is 3.90. The average molecular weight is 458 g/mol. The van der Waals surface area contributed by atoms with Crippen molar-refractivity contribution >= 4 is 41.3 Å². The lowest BCUT2D eigenvalue weighted by Crippen LogP contribution is -2.39. The molecule has 0 aliphatic heterocycles. The Morgan fingerprint density at radius 1 is 1.25 bits per heavy atom. The maximum atomic E-state index is 4.50. The van der Waals surface area contributed by atoms with Gasteiger partial charge >= 0.3 is 0 Å². The summed E-state index contributed by atoms with van der Waals surface area (Å²) < 4.78 is 0. The number of rotatable bonds is 6. The Morgan fingerprint density at radius 2 is 1.96 bits per heavy atom. The number of halogens is 1. The van der Waals surface area contributed by atoms with Crippen molar-refractivity contribution in [3.8, 4) is 0 Å². The summed E-state index contributed by atoms with van der Waals surface area (Å²) in [5, 5.41) is 6.75. The van der Waals surface area contributed by atoms with Gasteiger partial charge in [0.25, 0.3) is 0 Å². The lowest BCUT2D eigenvalue weighted by molar-refractivity contribution is 0.476. The highest BCUT2D eigenvalue weighted by atomic mass is 127. The van der Waals surface area contributed by atoms with Gasteiger partial charge in [-0.05, 0) is 25.8 Å². The fraction of sp³-hybridized carbons (Fsp3) is 0.444. The number of aryl methyl sites for hydroxylation is 3. The molecule has 24 heavy (non-hydrogen) atoms. The summed E-state index contributed by atoms with van der Waals surface area (Å²) in [6.45, 7) is 5.91. The molecule has 0 spiro atoms. The largest absolute Gasteiger partial charge is 0.356 e. The monoisotopic (exact) mass is 458 g/mol. The van der Waals surface area contributed by atoms with E-state index < -0.39 is 0 Å². The van der Waals surface area contributed by atoms with Crippen molar-refractivity contribution in [1.29, 1.82) is 0 Å². The van der Waals surface area contributed by atoms with E-state index in [0.29, 0.717) is 0 Å². The fourth-order valence-corrected chi connectivity index (χ4v) is 3.20. The third-order valence-electron chi connectivity index (χ3n) is 3.63. The number of aromatic nitrogens is 1. The number of nitrogens with zero attached hydrogens (tertiary/aromatic N) is 3. The zero-order chi connectivity index (χ0) is 16.7. The van der Waals surface area contributed by atoms with Gasteiger partial charge in [-0.25, -0.2) is 4.98 Å². The van der Waals surface area contributed by atoms with Gasteiger partial charge in [0.05, 0.1) is 5.01 Å². The molecule has 0 saturated heterocycles. The summed E-state index contributed by atoms with van der Waals surface area (Å²) in [6.07, 6.45) is 2.08. The van der Waals surface area contributed by atoms with Gasteiger partial charge in [0.15, 0.2) is 5.96 Å². The van der Waals surface area contributed by atoms with E-state index in [2.05, 4.69) is 63.8 Å². The Morgan fingerprint density at radius 3 is 2.54 bits per heavy atom. The van der Waals surface area contributed by atoms with Crippen molar-refractivity contribution in [2.45, 2.75) is 33.2 Å². The first-order valence-electron chi connectivity index (χ1n) is 7.97. The number of hydrogen-bond acceptors (Lipinski definition) is 3. The topological polar surface area (TPSA) is 40.5 Å². The molecule has 0 radical (unpaired) electrons. The van der Waals surface area contributed by atoms with Gasteiger partial charge in [-0.1, -0.05) is 29.8 Å². The number of thiazole rings is 1. The number of benzene rings is 1. The van der Waals surface area contributed by atoms with Gasteiger partial charge in [0, 0.05) is 44.7 Å². The van der Waals surface area contributed by atoms with Crippen LogP contribution < -0.4 is 5.32 Å². The number of nitrogens with one attached hydrogen (secondary N) is 1. The van der Waals surface area contributed by atoms with Crippen LogP contribution in [0.4, 0.5) is 0 Å². The molecule has 0 bridgehead atoms. The molecular formula is C18H27IN4S. The van der Waals surface area contributed by atoms with Crippen molar-refractivity contribution in [2.24, 2.45) is 4.99 Å². The molecule has 4 nitrogen and oxygen atoms in total. The first kappa shape index (κ1) is 20.9. The molecule has 2 rings (SSSR count). The van der Waals surface area contributed by atoms with Crippen LogP contribution in [0.15, 0.2) is 34.6 Å². The molecule has 1 heterocycles. The maximum absolute atomic E-state index is 4.50. The van der Waals surface area contributed by atoms with Crippen LogP contribution in [0, 0.1) is 13.8 Å². The normalized spacial score (nSPS) is 11.1. The Bertz CT molecular complexity index is 637. The lowest BCUT2D eigenvalue weighted by atomic mass is 10.1. The Labute approximate surface area is 166 Å². The molecule has 0 atom stereocenters. The molecule has 2 aromatic rings. The molecule has 132 valence electrons. The summed E-state index contributed by atoms with van der Waals surface area (Å²) in [6, 6.07) is 8.64. The van der Waals surface area contributed by atoms with E-state index in [0.717, 1.165) is 37.6 Å². The highest BCUT2D eigenvalue weighted by Gasteiger charge is 2.06. The van der Waals surface area contributed by atoms with Crippen molar-refractivity contribution in [1.82, 2.24) is 15.2 Å². The van der Waals surface area contributed by atoms with Gasteiger partial charge in [-0.2, -0.15) is 0 Å². The van der Waals surface area contributed by atoms with Gasteiger partial charge in [0.1, 0.15) is 0 Å². The summed E-state index contributed by atoms with van der Waals surface area (Å²) in [5.74, 6) is 0.931. The molecule has 1 N–H and O–H groups in total. The van der Waals surface area contributed by atoms with Crippen LogP contribution in [0.3, 0.4) is 0 Å². The van der Waals surface area contributed by atoms with E-state index in [1.807, 2.05) is 14.0 Å². The Kier molecular flexibility index (Phi) is 9.28. The van der Waals surface area contributed by atoms with Gasteiger partial charge in [-0.15, -0.1) is 35.3 Å². The van der Waals surface area contributed by atoms with Crippen LogP contribution >= 0.6 is 35.3 Å². The van der Waals surface area contributed by atoms with Crippen LogP contribution in [-0.2, 0) is 13.0 Å². The van der Waals surface area contributed by atoms with E-state index in [1.165, 1.54) is 16.1 Å². The molecule has 0 aliphatic rings. The molecule has 0 unspecified atom stereocenters. The summed E-state index contributed by atoms with van der Waals surface area (Å²) in [5.41, 5.74) is 3.70. The molecule has 0 amide bonds. The van der Waals surface area contributed by atoms with Crippen LogP contribution in [0.2, 0.25) is 0 Å². The quantitative estimate of drug-likeness (QED) is 0.308. The number of aliphatic imine (C=N–C) groups is 1. The lowest BCUT2D eigenvalue weighted by Gasteiger charge is -2.22. The third kappa shape index (κ3) is 6.76. The highest BCUT2D eigenvalue weighted by molar-refractivity contribution is 14.0. The van der Waals surface area contributed by atoms with Crippen LogP contribution in [0.5, 0.6) is 0 Å². The van der Waals surface area contributed by atoms with Gasteiger partial charge in [0.2, 0.25) is 0 Å². The van der Waals surface area contributed by atoms with E-state index in [9.17, 15) is 0 Å². The number of guanidine groups is 1. The molecule has 0 saturated carbocycles. The second-order valence-electron chi connectivity index (χ2n) is 5.80. The molecule has 1 aromatic carbocycles. The van der Waals surface area contributed by atoms with Crippen LogP contribution in [0.1, 0.15) is 28.2 Å². The highest BCUT2D eigenvalue weighted by Crippen LogP contribution is 2.10. The maximum Gasteiger partial charge on any atom is 0.193 e. The molecule has 0 aliphatic carbocycles. The Hall–Kier alpha value is -1.15. The van der Waals surface area contributed by atoms with E-state index in [4.69, 9.17) is 0 Å². The smallest absolute Gasteiger partial charge is 0.193 e. The molecular weight excluding hydrogens is 431 g/mol. The van der Waals surface area contributed by atoms with E-state index in [-0.39, 0.29) is 24.0 Å². The molecule has 0 fully saturated rings. The van der Waals surface area contributed by atoms with Crippen molar-refractivity contribution in [3.63, 3.8) is 0 Å². The van der Waals surface area contributed by atoms with Crippen LogP contribution in [-0.4, -0.2) is 36.5 Å². The number of hydrogen-bond donors (Lipinski definition) is 1. The van der Waals surface area contributed by atoms with Crippen molar-refractivity contribution in [3.05, 3.63) is 51.5 Å². The molecule has 1 aromatic heterocycles. The van der Waals surface area contributed by atoms with Gasteiger partial charge in [-0.3, -0.25) is 4.99 Å². The summed E-state index contributed by atoms with van der Waals surface area (Å²) >= 11 is 1.74. The fourth-order valence-electron chi connectivity index (χ4n) is 2.38. The first-order chi connectivity index (χ1) is 11.1.